The Morgan fingerprint density at radius 2 is 2.06 bits per heavy atom. The molecule has 1 aromatic carbocycles. The van der Waals surface area contributed by atoms with Gasteiger partial charge in [-0.3, -0.25) is 0 Å². The summed E-state index contributed by atoms with van der Waals surface area (Å²) in [4.78, 5) is 0. The lowest BCUT2D eigenvalue weighted by molar-refractivity contribution is 0.253. The molecule has 1 N–H and O–H groups in total. The Labute approximate surface area is 103 Å². The third-order valence-corrected chi connectivity index (χ3v) is 3.99. The Kier molecular flexibility index (Phi) is 3.21. The molecule has 2 nitrogen and oxygen atoms in total. The van der Waals surface area contributed by atoms with Crippen LogP contribution in [0, 0.1) is 5.92 Å². The quantitative estimate of drug-likeness (QED) is 0.858. The first-order valence-electron chi connectivity index (χ1n) is 6.92. The van der Waals surface area contributed by atoms with Crippen molar-refractivity contribution in [2.75, 3.05) is 18.5 Å². The molecule has 17 heavy (non-hydrogen) atoms. The molecule has 2 heteroatoms. The van der Waals surface area contributed by atoms with Crippen molar-refractivity contribution < 1.29 is 4.74 Å². The predicted octanol–water partition coefficient (Wildman–Crippen LogP) is 3.61. The number of benzene rings is 1. The topological polar surface area (TPSA) is 21.3 Å². The van der Waals surface area contributed by atoms with E-state index < -0.39 is 0 Å². The number of aryl methyl sites for hydroxylation is 1. The van der Waals surface area contributed by atoms with E-state index in [1.807, 2.05) is 0 Å². The van der Waals surface area contributed by atoms with E-state index in [9.17, 15) is 0 Å². The van der Waals surface area contributed by atoms with Crippen molar-refractivity contribution in [3.63, 3.8) is 0 Å². The van der Waals surface area contributed by atoms with Crippen LogP contribution >= 0.6 is 0 Å². The van der Waals surface area contributed by atoms with E-state index in [1.54, 1.807) is 0 Å². The van der Waals surface area contributed by atoms with Crippen molar-refractivity contribution in [2.24, 2.45) is 5.92 Å². The molecule has 3 rings (SSSR count). The highest BCUT2D eigenvalue weighted by molar-refractivity contribution is 5.63. The average Bonchev–Trinajstić information content (AvgIpc) is 2.89. The zero-order valence-corrected chi connectivity index (χ0v) is 10.4. The monoisotopic (exact) mass is 231 g/mol. The molecular weight excluding hydrogens is 210 g/mol. The van der Waals surface area contributed by atoms with Gasteiger partial charge < -0.3 is 10.1 Å². The van der Waals surface area contributed by atoms with Crippen LogP contribution in [0.1, 0.15) is 37.7 Å². The first-order valence-corrected chi connectivity index (χ1v) is 6.92. The van der Waals surface area contributed by atoms with Crippen LogP contribution in [-0.2, 0) is 6.42 Å². The molecule has 1 heterocycles. The minimum absolute atomic E-state index is 0.787. The first-order chi connectivity index (χ1) is 8.43. The summed E-state index contributed by atoms with van der Waals surface area (Å²) >= 11 is 0. The summed E-state index contributed by atoms with van der Waals surface area (Å²) in [6.07, 6.45) is 7.89. The normalized spacial score (nSPS) is 19.8. The first kappa shape index (κ1) is 10.9. The predicted molar refractivity (Wildman–Crippen MR) is 70.7 cm³/mol. The van der Waals surface area contributed by atoms with Crippen LogP contribution in [0.25, 0.3) is 0 Å². The van der Waals surface area contributed by atoms with E-state index in [-0.39, 0.29) is 0 Å². The SMILES string of the molecule is c1cc2c(c(OCC3CCCC3)c1)NCCC2. The molecule has 0 bridgehead atoms. The van der Waals surface area contributed by atoms with Crippen LogP contribution in [0.5, 0.6) is 5.75 Å². The molecule has 1 aliphatic carbocycles. The molecule has 2 aliphatic rings. The zero-order valence-electron chi connectivity index (χ0n) is 10.4. The minimum atomic E-state index is 0.787. The third kappa shape index (κ3) is 2.41. The van der Waals surface area contributed by atoms with Crippen LogP contribution in [0.2, 0.25) is 0 Å². The van der Waals surface area contributed by atoms with Crippen molar-refractivity contribution in [2.45, 2.75) is 38.5 Å². The lowest BCUT2D eigenvalue weighted by Gasteiger charge is -2.22. The molecule has 0 unspecified atom stereocenters. The van der Waals surface area contributed by atoms with E-state index in [1.165, 1.54) is 49.8 Å². The van der Waals surface area contributed by atoms with Crippen LogP contribution < -0.4 is 10.1 Å². The zero-order chi connectivity index (χ0) is 11.5. The van der Waals surface area contributed by atoms with Crippen LogP contribution in [0.15, 0.2) is 18.2 Å². The van der Waals surface area contributed by atoms with E-state index >= 15 is 0 Å². The van der Waals surface area contributed by atoms with E-state index in [4.69, 9.17) is 4.74 Å². The maximum absolute atomic E-state index is 6.03. The summed E-state index contributed by atoms with van der Waals surface area (Å²) in [7, 11) is 0. The number of fused-ring (bicyclic) bond motifs is 1. The number of hydrogen-bond donors (Lipinski definition) is 1. The highest BCUT2D eigenvalue weighted by Crippen LogP contribution is 2.33. The van der Waals surface area contributed by atoms with Crippen molar-refractivity contribution in [3.05, 3.63) is 23.8 Å². The van der Waals surface area contributed by atoms with Gasteiger partial charge in [-0.05, 0) is 43.2 Å². The van der Waals surface area contributed by atoms with Gasteiger partial charge in [0.05, 0.1) is 12.3 Å². The fourth-order valence-electron chi connectivity index (χ4n) is 2.98. The second-order valence-electron chi connectivity index (χ2n) is 5.28. The Balaban J connectivity index is 1.69. The van der Waals surface area contributed by atoms with Gasteiger partial charge in [0, 0.05) is 6.54 Å². The van der Waals surface area contributed by atoms with Gasteiger partial charge in [-0.1, -0.05) is 25.0 Å². The van der Waals surface area contributed by atoms with Gasteiger partial charge in [0.15, 0.2) is 0 Å². The molecule has 0 spiro atoms. The summed E-state index contributed by atoms with van der Waals surface area (Å²) in [5, 5.41) is 3.48. The average molecular weight is 231 g/mol. The van der Waals surface area contributed by atoms with Crippen molar-refractivity contribution >= 4 is 5.69 Å². The summed E-state index contributed by atoms with van der Waals surface area (Å²) in [5.74, 6) is 1.85. The Morgan fingerprint density at radius 1 is 1.18 bits per heavy atom. The smallest absolute Gasteiger partial charge is 0.142 e. The molecule has 1 aromatic rings. The molecule has 0 amide bonds. The Bertz CT molecular complexity index is 383. The molecule has 0 aromatic heterocycles. The van der Waals surface area contributed by atoms with Gasteiger partial charge in [-0.25, -0.2) is 0 Å². The minimum Gasteiger partial charge on any atom is -0.491 e. The fraction of sp³-hybridized carbons (Fsp3) is 0.600. The summed E-state index contributed by atoms with van der Waals surface area (Å²) < 4.78 is 6.03. The van der Waals surface area contributed by atoms with E-state index in [0.717, 1.165) is 24.8 Å². The summed E-state index contributed by atoms with van der Waals surface area (Å²) in [6.45, 7) is 1.98. The molecular formula is C15H21NO. The molecule has 1 saturated carbocycles. The number of para-hydroxylation sites is 1. The largest absolute Gasteiger partial charge is 0.491 e. The standard InChI is InChI=1S/C15H21NO/c1-2-6-12(5-1)11-17-14-9-3-7-13-8-4-10-16-15(13)14/h3,7,9,12,16H,1-2,4-6,8,10-11H2. The lowest BCUT2D eigenvalue weighted by atomic mass is 10.0. The van der Waals surface area contributed by atoms with Crippen LogP contribution in [-0.4, -0.2) is 13.2 Å². The van der Waals surface area contributed by atoms with Crippen LogP contribution in [0.3, 0.4) is 0 Å². The number of rotatable bonds is 3. The maximum Gasteiger partial charge on any atom is 0.142 e. The second kappa shape index (κ2) is 4.99. The van der Waals surface area contributed by atoms with Crippen molar-refractivity contribution in [1.82, 2.24) is 0 Å². The number of nitrogens with one attached hydrogen (secondary N) is 1. The lowest BCUT2D eigenvalue weighted by Crippen LogP contribution is -2.15. The fourth-order valence-corrected chi connectivity index (χ4v) is 2.98. The maximum atomic E-state index is 6.03. The van der Waals surface area contributed by atoms with E-state index in [0.29, 0.717) is 0 Å². The molecule has 0 atom stereocenters. The van der Waals surface area contributed by atoms with Gasteiger partial charge in [-0.15, -0.1) is 0 Å². The number of anilines is 1. The van der Waals surface area contributed by atoms with Gasteiger partial charge in [-0.2, -0.15) is 0 Å². The highest BCUT2D eigenvalue weighted by atomic mass is 16.5. The Hall–Kier alpha value is -1.18. The molecule has 1 fully saturated rings. The third-order valence-electron chi connectivity index (χ3n) is 3.99. The van der Waals surface area contributed by atoms with Crippen LogP contribution in [0.4, 0.5) is 5.69 Å². The van der Waals surface area contributed by atoms with Crippen molar-refractivity contribution in [3.8, 4) is 5.75 Å². The van der Waals surface area contributed by atoms with Gasteiger partial charge in [0.2, 0.25) is 0 Å². The van der Waals surface area contributed by atoms with Crippen molar-refractivity contribution in [1.29, 1.82) is 0 Å². The number of hydrogen-bond acceptors (Lipinski definition) is 2. The molecule has 92 valence electrons. The molecule has 1 aliphatic heterocycles. The van der Waals surface area contributed by atoms with Gasteiger partial charge in [0.25, 0.3) is 0 Å². The summed E-state index contributed by atoms with van der Waals surface area (Å²) in [6, 6.07) is 6.44. The molecule has 0 saturated heterocycles. The Morgan fingerprint density at radius 3 is 2.94 bits per heavy atom. The van der Waals surface area contributed by atoms with E-state index in [2.05, 4.69) is 23.5 Å². The second-order valence-corrected chi connectivity index (χ2v) is 5.28. The number of ether oxygens (including phenoxy) is 1. The van der Waals surface area contributed by atoms with Gasteiger partial charge in [0.1, 0.15) is 5.75 Å². The summed E-state index contributed by atoms with van der Waals surface area (Å²) in [5.41, 5.74) is 2.66. The highest BCUT2D eigenvalue weighted by Gasteiger charge is 2.18. The van der Waals surface area contributed by atoms with Gasteiger partial charge >= 0.3 is 0 Å². The molecule has 0 radical (unpaired) electrons.